The molecule has 0 aromatic rings. The number of carbonyl (C=O) groups is 1. The van der Waals surface area contributed by atoms with Gasteiger partial charge in [-0.15, -0.1) is 24.0 Å². The van der Waals surface area contributed by atoms with Crippen LogP contribution in [0.15, 0.2) is 4.99 Å². The van der Waals surface area contributed by atoms with Gasteiger partial charge in [-0.3, -0.25) is 9.79 Å². The first-order chi connectivity index (χ1) is 10.2. The van der Waals surface area contributed by atoms with Crippen LogP contribution in [0.5, 0.6) is 0 Å². The summed E-state index contributed by atoms with van der Waals surface area (Å²) in [7, 11) is 1.43. The van der Waals surface area contributed by atoms with Crippen LogP contribution < -0.4 is 10.6 Å². The molecule has 6 heteroatoms. The molecule has 2 N–H and O–H groups in total. The number of methoxy groups -OCH3 is 1. The van der Waals surface area contributed by atoms with Crippen molar-refractivity contribution in [2.75, 3.05) is 26.7 Å². The van der Waals surface area contributed by atoms with Gasteiger partial charge in [-0.05, 0) is 44.4 Å². The van der Waals surface area contributed by atoms with E-state index in [9.17, 15) is 4.79 Å². The number of unbranched alkanes of at least 4 members (excludes halogenated alkanes) is 1. The molecule has 0 atom stereocenters. The van der Waals surface area contributed by atoms with Crippen LogP contribution >= 0.6 is 24.0 Å². The Morgan fingerprint density at radius 3 is 2.45 bits per heavy atom. The Bertz CT molecular complexity index is 339. The van der Waals surface area contributed by atoms with Gasteiger partial charge in [0.2, 0.25) is 0 Å². The van der Waals surface area contributed by atoms with Crippen molar-refractivity contribution in [2.45, 2.75) is 58.8 Å². The minimum Gasteiger partial charge on any atom is -0.469 e. The van der Waals surface area contributed by atoms with Gasteiger partial charge in [-0.2, -0.15) is 0 Å². The molecule has 0 heterocycles. The van der Waals surface area contributed by atoms with Crippen LogP contribution in [0.2, 0.25) is 0 Å². The monoisotopic (exact) mass is 425 g/mol. The molecule has 130 valence electrons. The molecule has 0 unspecified atom stereocenters. The van der Waals surface area contributed by atoms with Crippen LogP contribution in [0, 0.1) is 5.41 Å². The molecule has 5 nitrogen and oxygen atoms in total. The Labute approximate surface area is 152 Å². The van der Waals surface area contributed by atoms with Crippen LogP contribution in [0.1, 0.15) is 58.8 Å². The van der Waals surface area contributed by atoms with Crippen molar-refractivity contribution in [3.63, 3.8) is 0 Å². The third-order valence-corrected chi connectivity index (χ3v) is 4.41. The van der Waals surface area contributed by atoms with Gasteiger partial charge in [0.25, 0.3) is 0 Å². The fourth-order valence-corrected chi connectivity index (χ4v) is 2.59. The van der Waals surface area contributed by atoms with E-state index in [4.69, 9.17) is 4.99 Å². The van der Waals surface area contributed by atoms with Gasteiger partial charge in [0, 0.05) is 26.1 Å². The number of guanidine groups is 1. The number of nitrogens with one attached hydrogen (secondary N) is 2. The van der Waals surface area contributed by atoms with Gasteiger partial charge in [-0.25, -0.2) is 0 Å². The van der Waals surface area contributed by atoms with E-state index in [0.717, 1.165) is 38.4 Å². The molecule has 0 amide bonds. The molecule has 0 saturated heterocycles. The van der Waals surface area contributed by atoms with Crippen LogP contribution in [-0.2, 0) is 9.53 Å². The lowest BCUT2D eigenvalue weighted by Crippen LogP contribution is -2.40. The first-order valence-electron chi connectivity index (χ1n) is 8.25. The zero-order chi connectivity index (χ0) is 15.6. The topological polar surface area (TPSA) is 62.7 Å². The minimum absolute atomic E-state index is 0. The van der Waals surface area contributed by atoms with Crippen molar-refractivity contribution < 1.29 is 9.53 Å². The van der Waals surface area contributed by atoms with Crippen molar-refractivity contribution >= 4 is 35.9 Å². The molecule has 0 aromatic carbocycles. The number of rotatable bonds is 9. The lowest BCUT2D eigenvalue weighted by Gasteiger charge is -2.40. The maximum Gasteiger partial charge on any atom is 0.305 e. The summed E-state index contributed by atoms with van der Waals surface area (Å²) in [5, 5.41) is 6.63. The Hall–Kier alpha value is -0.530. The van der Waals surface area contributed by atoms with Crippen LogP contribution in [0.25, 0.3) is 0 Å². The zero-order valence-corrected chi connectivity index (χ0v) is 16.6. The maximum absolute atomic E-state index is 11.0. The maximum atomic E-state index is 11.0. The summed E-state index contributed by atoms with van der Waals surface area (Å²) in [5.74, 6) is 0.765. The molecular weight excluding hydrogens is 393 g/mol. The summed E-state index contributed by atoms with van der Waals surface area (Å²) < 4.78 is 4.63. The third-order valence-electron chi connectivity index (χ3n) is 4.41. The third kappa shape index (κ3) is 7.65. The highest BCUT2D eigenvalue weighted by atomic mass is 127. The number of nitrogens with zero attached hydrogens (tertiary/aromatic N) is 1. The molecule has 22 heavy (non-hydrogen) atoms. The van der Waals surface area contributed by atoms with E-state index in [1.165, 1.54) is 32.8 Å². The van der Waals surface area contributed by atoms with Gasteiger partial charge in [0.05, 0.1) is 7.11 Å². The summed E-state index contributed by atoms with van der Waals surface area (Å²) in [6.07, 6.45) is 7.47. The van der Waals surface area contributed by atoms with Crippen LogP contribution in [-0.4, -0.2) is 38.7 Å². The van der Waals surface area contributed by atoms with Gasteiger partial charge < -0.3 is 15.4 Å². The van der Waals surface area contributed by atoms with E-state index in [2.05, 4.69) is 29.2 Å². The van der Waals surface area contributed by atoms with Crippen molar-refractivity contribution in [3.8, 4) is 0 Å². The summed E-state index contributed by atoms with van der Waals surface area (Å²) in [6.45, 7) is 6.96. The lowest BCUT2D eigenvalue weighted by molar-refractivity contribution is -0.140. The minimum atomic E-state index is -0.134. The summed E-state index contributed by atoms with van der Waals surface area (Å²) >= 11 is 0. The molecule has 1 aliphatic rings. The highest BCUT2D eigenvalue weighted by Crippen LogP contribution is 2.43. The molecular formula is C16H32IN3O2. The van der Waals surface area contributed by atoms with Crippen molar-refractivity contribution in [2.24, 2.45) is 10.4 Å². The number of hydrogen-bond donors (Lipinski definition) is 2. The van der Waals surface area contributed by atoms with Gasteiger partial charge >= 0.3 is 5.97 Å². The summed E-state index contributed by atoms with van der Waals surface area (Å²) in [6, 6.07) is 0. The first-order valence-corrected chi connectivity index (χ1v) is 8.25. The van der Waals surface area contributed by atoms with Gasteiger partial charge in [0.15, 0.2) is 5.96 Å². The van der Waals surface area contributed by atoms with E-state index < -0.39 is 0 Å². The number of ether oxygens (including phenoxy) is 1. The van der Waals surface area contributed by atoms with Crippen molar-refractivity contribution in [3.05, 3.63) is 0 Å². The Balaban J connectivity index is 0.00000441. The second-order valence-electron chi connectivity index (χ2n) is 5.86. The predicted molar refractivity (Wildman–Crippen MR) is 102 cm³/mol. The van der Waals surface area contributed by atoms with Gasteiger partial charge in [-0.1, -0.05) is 13.3 Å². The van der Waals surface area contributed by atoms with E-state index in [1.807, 2.05) is 0 Å². The highest BCUT2D eigenvalue weighted by Gasteiger charge is 2.34. The normalized spacial score (nSPS) is 16.2. The molecule has 0 radical (unpaired) electrons. The lowest BCUT2D eigenvalue weighted by atomic mass is 9.67. The largest absolute Gasteiger partial charge is 0.469 e. The molecule has 0 aromatic heterocycles. The molecule has 1 aliphatic carbocycles. The first kappa shape index (κ1) is 21.5. The Kier molecular flexibility index (Phi) is 11.7. The second-order valence-corrected chi connectivity index (χ2v) is 5.86. The molecule has 0 aliphatic heterocycles. The van der Waals surface area contributed by atoms with Gasteiger partial charge in [0.1, 0.15) is 0 Å². The SMILES string of the molecule is CCNC(=NCC1(CC)CCC1)NCCCCC(=O)OC.I. The molecule has 1 saturated carbocycles. The van der Waals surface area contributed by atoms with Crippen LogP contribution in [0.4, 0.5) is 0 Å². The molecule has 1 fully saturated rings. The number of esters is 1. The van der Waals surface area contributed by atoms with E-state index in [1.54, 1.807) is 0 Å². The standard InChI is InChI=1S/C16H31N3O2.HI/c1-4-16(10-8-11-16)13-19-15(17-5-2)18-12-7-6-9-14(20)21-3;/h4-13H2,1-3H3,(H2,17,18,19);1H. The highest BCUT2D eigenvalue weighted by molar-refractivity contribution is 14.0. The average Bonchev–Trinajstić information content (AvgIpc) is 2.45. The van der Waals surface area contributed by atoms with Crippen molar-refractivity contribution in [1.82, 2.24) is 10.6 Å². The number of carbonyl (C=O) groups excluding carboxylic acids is 1. The fourth-order valence-electron chi connectivity index (χ4n) is 2.59. The molecule has 0 bridgehead atoms. The van der Waals surface area contributed by atoms with Crippen molar-refractivity contribution in [1.29, 1.82) is 0 Å². The number of aliphatic imine (C=N–C) groups is 1. The van der Waals surface area contributed by atoms with E-state index in [-0.39, 0.29) is 29.9 Å². The predicted octanol–water partition coefficient (Wildman–Crippen LogP) is 3.08. The Morgan fingerprint density at radius 1 is 1.23 bits per heavy atom. The van der Waals surface area contributed by atoms with E-state index >= 15 is 0 Å². The molecule has 1 rings (SSSR count). The fraction of sp³-hybridized carbons (Fsp3) is 0.875. The van der Waals surface area contributed by atoms with E-state index in [0.29, 0.717) is 11.8 Å². The quantitative estimate of drug-likeness (QED) is 0.196. The number of hydrogen-bond acceptors (Lipinski definition) is 3. The molecule has 0 spiro atoms. The van der Waals surface area contributed by atoms with Crippen LogP contribution in [0.3, 0.4) is 0 Å². The summed E-state index contributed by atoms with van der Waals surface area (Å²) in [5.41, 5.74) is 0.452. The zero-order valence-electron chi connectivity index (χ0n) is 14.2. The second kappa shape index (κ2) is 12.0. The average molecular weight is 425 g/mol. The summed E-state index contributed by atoms with van der Waals surface area (Å²) in [4.78, 5) is 15.7. The smallest absolute Gasteiger partial charge is 0.305 e. The Morgan fingerprint density at radius 2 is 1.95 bits per heavy atom. The number of halogens is 1.